The van der Waals surface area contributed by atoms with Crippen molar-refractivity contribution in [2.75, 3.05) is 13.2 Å². The van der Waals surface area contributed by atoms with E-state index in [0.717, 1.165) is 25.2 Å². The van der Waals surface area contributed by atoms with Crippen molar-refractivity contribution in [2.24, 2.45) is 5.73 Å². The fourth-order valence-corrected chi connectivity index (χ4v) is 2.72. The molecule has 0 amide bonds. The highest BCUT2D eigenvalue weighted by Gasteiger charge is 2.13. The van der Waals surface area contributed by atoms with Gasteiger partial charge in [-0.15, -0.1) is 0 Å². The van der Waals surface area contributed by atoms with Gasteiger partial charge in [0.1, 0.15) is 5.75 Å². The van der Waals surface area contributed by atoms with E-state index >= 15 is 0 Å². The number of rotatable bonds is 7. The molecule has 2 nitrogen and oxygen atoms in total. The van der Waals surface area contributed by atoms with E-state index in [1.54, 1.807) is 0 Å². The highest BCUT2D eigenvalue weighted by atomic mass is 16.5. The molecule has 2 aromatic carbocycles. The lowest BCUT2D eigenvalue weighted by Gasteiger charge is -2.19. The second-order valence-corrected chi connectivity index (χ2v) is 7.11. The summed E-state index contributed by atoms with van der Waals surface area (Å²) < 4.78 is 5.86. The van der Waals surface area contributed by atoms with Crippen molar-refractivity contribution in [1.29, 1.82) is 0 Å². The van der Waals surface area contributed by atoms with Crippen LogP contribution in [-0.4, -0.2) is 13.2 Å². The van der Waals surface area contributed by atoms with Gasteiger partial charge in [-0.25, -0.2) is 0 Å². The Morgan fingerprint density at radius 2 is 1.61 bits per heavy atom. The quantitative estimate of drug-likeness (QED) is 0.739. The zero-order valence-corrected chi connectivity index (χ0v) is 14.6. The van der Waals surface area contributed by atoms with Crippen molar-refractivity contribution in [1.82, 2.24) is 0 Å². The van der Waals surface area contributed by atoms with Crippen LogP contribution in [0.2, 0.25) is 0 Å². The van der Waals surface area contributed by atoms with Crippen LogP contribution in [-0.2, 0) is 5.41 Å². The Bertz CT molecular complexity index is 569. The molecule has 0 bridgehead atoms. The van der Waals surface area contributed by atoms with Gasteiger partial charge in [0.2, 0.25) is 0 Å². The summed E-state index contributed by atoms with van der Waals surface area (Å²) >= 11 is 0. The van der Waals surface area contributed by atoms with Crippen molar-refractivity contribution >= 4 is 0 Å². The maximum atomic E-state index is 5.91. The highest BCUT2D eigenvalue weighted by molar-refractivity contribution is 5.31. The molecule has 2 aromatic rings. The molecule has 2 heteroatoms. The molecule has 0 aliphatic carbocycles. The van der Waals surface area contributed by atoms with Crippen molar-refractivity contribution in [2.45, 2.75) is 44.9 Å². The Kier molecular flexibility index (Phi) is 6.23. The molecule has 0 fully saturated rings. The van der Waals surface area contributed by atoms with Crippen molar-refractivity contribution in [3.05, 3.63) is 65.7 Å². The molecule has 2 N–H and O–H groups in total. The molecule has 1 atom stereocenters. The van der Waals surface area contributed by atoms with E-state index in [-0.39, 0.29) is 5.41 Å². The number of benzene rings is 2. The molecular formula is C21H29NO. The summed E-state index contributed by atoms with van der Waals surface area (Å²) in [4.78, 5) is 0. The van der Waals surface area contributed by atoms with Crippen LogP contribution in [0, 0.1) is 0 Å². The van der Waals surface area contributed by atoms with Crippen LogP contribution in [0.25, 0.3) is 0 Å². The van der Waals surface area contributed by atoms with Crippen LogP contribution in [0.15, 0.2) is 54.6 Å². The van der Waals surface area contributed by atoms with E-state index < -0.39 is 0 Å². The van der Waals surface area contributed by atoms with Crippen LogP contribution in [0.4, 0.5) is 0 Å². The standard InChI is InChI=1S/C21H29NO/c1-21(2,3)19-11-13-20(14-12-19)23-15-7-10-18(16-22)17-8-5-4-6-9-17/h4-6,8-9,11-14,18H,7,10,15-16,22H2,1-3H3. The van der Waals surface area contributed by atoms with Gasteiger partial charge in [-0.05, 0) is 54.0 Å². The van der Waals surface area contributed by atoms with Crippen molar-refractivity contribution in [3.63, 3.8) is 0 Å². The molecule has 0 aromatic heterocycles. The second-order valence-electron chi connectivity index (χ2n) is 7.11. The third-order valence-corrected chi connectivity index (χ3v) is 4.24. The van der Waals surface area contributed by atoms with E-state index in [1.165, 1.54) is 11.1 Å². The lowest BCUT2D eigenvalue weighted by molar-refractivity contribution is 0.301. The smallest absolute Gasteiger partial charge is 0.119 e. The van der Waals surface area contributed by atoms with Gasteiger partial charge >= 0.3 is 0 Å². The third kappa shape index (κ3) is 5.40. The first-order chi connectivity index (χ1) is 11.0. The molecule has 0 aliphatic heterocycles. The van der Waals surface area contributed by atoms with Gasteiger partial charge in [0.05, 0.1) is 6.61 Å². The number of hydrogen-bond acceptors (Lipinski definition) is 2. The van der Waals surface area contributed by atoms with Gasteiger partial charge in [-0.2, -0.15) is 0 Å². The lowest BCUT2D eigenvalue weighted by atomic mass is 9.87. The topological polar surface area (TPSA) is 35.2 Å². The first-order valence-corrected chi connectivity index (χ1v) is 8.49. The molecule has 124 valence electrons. The van der Waals surface area contributed by atoms with Crippen LogP contribution in [0.5, 0.6) is 5.75 Å². The van der Waals surface area contributed by atoms with Gasteiger partial charge in [-0.3, -0.25) is 0 Å². The molecule has 1 unspecified atom stereocenters. The van der Waals surface area contributed by atoms with Crippen LogP contribution >= 0.6 is 0 Å². The Balaban J connectivity index is 1.79. The maximum Gasteiger partial charge on any atom is 0.119 e. The molecule has 2 rings (SSSR count). The first-order valence-electron chi connectivity index (χ1n) is 8.49. The van der Waals surface area contributed by atoms with E-state index in [1.807, 2.05) is 6.07 Å². The molecule has 0 aliphatic rings. The number of hydrogen-bond donors (Lipinski definition) is 1. The zero-order valence-electron chi connectivity index (χ0n) is 14.6. The summed E-state index contributed by atoms with van der Waals surface area (Å²) in [5.74, 6) is 1.37. The third-order valence-electron chi connectivity index (χ3n) is 4.24. The highest BCUT2D eigenvalue weighted by Crippen LogP contribution is 2.25. The molecular weight excluding hydrogens is 282 g/mol. The van der Waals surface area contributed by atoms with Crippen LogP contribution < -0.4 is 10.5 Å². The fraction of sp³-hybridized carbons (Fsp3) is 0.429. The Morgan fingerprint density at radius 3 is 2.17 bits per heavy atom. The predicted molar refractivity (Wildman–Crippen MR) is 98.1 cm³/mol. The Labute approximate surface area is 140 Å². The van der Waals surface area contributed by atoms with Crippen molar-refractivity contribution in [3.8, 4) is 5.75 Å². The van der Waals surface area contributed by atoms with E-state index in [2.05, 4.69) is 69.3 Å². The predicted octanol–water partition coefficient (Wildman–Crippen LogP) is 4.89. The lowest BCUT2D eigenvalue weighted by Crippen LogP contribution is -2.13. The molecule has 0 radical (unpaired) electrons. The SMILES string of the molecule is CC(C)(C)c1ccc(OCCCC(CN)c2ccccc2)cc1. The molecule has 23 heavy (non-hydrogen) atoms. The van der Waals surface area contributed by atoms with Crippen molar-refractivity contribution < 1.29 is 4.74 Å². The molecule has 0 saturated carbocycles. The van der Waals surface area contributed by atoms with Gasteiger partial charge < -0.3 is 10.5 Å². The average Bonchev–Trinajstić information content (AvgIpc) is 2.55. The minimum Gasteiger partial charge on any atom is -0.494 e. The van der Waals surface area contributed by atoms with Gasteiger partial charge in [-0.1, -0.05) is 63.2 Å². The summed E-state index contributed by atoms with van der Waals surface area (Å²) in [6.45, 7) is 8.08. The number of nitrogens with two attached hydrogens (primary N) is 1. The largest absolute Gasteiger partial charge is 0.494 e. The average molecular weight is 311 g/mol. The van der Waals surface area contributed by atoms with Crippen LogP contribution in [0.3, 0.4) is 0 Å². The monoisotopic (exact) mass is 311 g/mol. The Hall–Kier alpha value is -1.80. The maximum absolute atomic E-state index is 5.91. The zero-order chi connectivity index (χ0) is 16.7. The van der Waals surface area contributed by atoms with E-state index in [4.69, 9.17) is 10.5 Å². The number of ether oxygens (including phenoxy) is 1. The van der Waals surface area contributed by atoms with Gasteiger partial charge in [0.25, 0.3) is 0 Å². The van der Waals surface area contributed by atoms with E-state index in [0.29, 0.717) is 12.5 Å². The first kappa shape index (κ1) is 17.6. The van der Waals surface area contributed by atoms with Gasteiger partial charge in [0, 0.05) is 0 Å². The minimum atomic E-state index is 0.183. The second kappa shape index (κ2) is 8.16. The summed E-state index contributed by atoms with van der Waals surface area (Å²) in [6, 6.07) is 18.9. The summed E-state index contributed by atoms with van der Waals surface area (Å²) in [5, 5.41) is 0. The minimum absolute atomic E-state index is 0.183. The normalized spacial score (nSPS) is 12.9. The van der Waals surface area contributed by atoms with Gasteiger partial charge in [0.15, 0.2) is 0 Å². The molecule has 0 saturated heterocycles. The fourth-order valence-electron chi connectivity index (χ4n) is 2.72. The molecule has 0 spiro atoms. The van der Waals surface area contributed by atoms with Crippen LogP contribution in [0.1, 0.15) is 50.7 Å². The molecule has 0 heterocycles. The van der Waals surface area contributed by atoms with E-state index in [9.17, 15) is 0 Å². The summed E-state index contributed by atoms with van der Waals surface area (Å²) in [7, 11) is 0. The summed E-state index contributed by atoms with van der Waals surface area (Å²) in [5.41, 5.74) is 8.75. The summed E-state index contributed by atoms with van der Waals surface area (Å²) in [6.07, 6.45) is 2.07. The Morgan fingerprint density at radius 1 is 0.957 bits per heavy atom.